The first-order valence-corrected chi connectivity index (χ1v) is 6.04. The van der Waals surface area contributed by atoms with Crippen LogP contribution in [0.3, 0.4) is 0 Å². The fourth-order valence-corrected chi connectivity index (χ4v) is 1.78. The van der Waals surface area contributed by atoms with Crippen molar-refractivity contribution in [1.82, 2.24) is 0 Å². The Balaban J connectivity index is 2.36. The van der Waals surface area contributed by atoms with Crippen LogP contribution in [0.15, 0.2) is 42.5 Å². The van der Waals surface area contributed by atoms with Gasteiger partial charge in [-0.05, 0) is 23.8 Å². The summed E-state index contributed by atoms with van der Waals surface area (Å²) in [5, 5.41) is 10.6. The van der Waals surface area contributed by atoms with Crippen molar-refractivity contribution in [2.75, 3.05) is 0 Å². The highest BCUT2D eigenvalue weighted by molar-refractivity contribution is 5.46. The number of nitro benzene ring substituents is 1. The monoisotopic (exact) mass is 294 g/mol. The Labute approximate surface area is 119 Å². The molecule has 2 N–H and O–H groups in total. The highest BCUT2D eigenvalue weighted by Crippen LogP contribution is 2.35. The minimum Gasteiger partial charge on any atom is -0.457 e. The van der Waals surface area contributed by atoms with E-state index in [-0.39, 0.29) is 5.75 Å². The molecular formula is C14H12F2N2O3. The van der Waals surface area contributed by atoms with Gasteiger partial charge in [-0.25, -0.2) is 8.78 Å². The number of ether oxygens (including phenoxy) is 1. The molecule has 0 spiro atoms. The van der Waals surface area contributed by atoms with Crippen LogP contribution >= 0.6 is 0 Å². The van der Waals surface area contributed by atoms with Gasteiger partial charge in [-0.1, -0.05) is 12.1 Å². The molecule has 0 amide bonds. The second-order valence-corrected chi connectivity index (χ2v) is 4.23. The molecule has 7 heteroatoms. The number of nitro groups is 1. The lowest BCUT2D eigenvalue weighted by Crippen LogP contribution is -1.98. The maximum Gasteiger partial charge on any atom is 0.270 e. The van der Waals surface area contributed by atoms with E-state index in [1.807, 2.05) is 0 Å². The van der Waals surface area contributed by atoms with Crippen LogP contribution in [0.5, 0.6) is 11.5 Å². The molecule has 0 aliphatic heterocycles. The third-order valence-corrected chi connectivity index (χ3v) is 2.80. The van der Waals surface area contributed by atoms with E-state index in [1.54, 1.807) is 24.3 Å². The van der Waals surface area contributed by atoms with Crippen LogP contribution in [0, 0.1) is 10.1 Å². The van der Waals surface area contributed by atoms with Crippen molar-refractivity contribution in [3.8, 4) is 11.5 Å². The number of nitrogens with two attached hydrogens (primary N) is 1. The van der Waals surface area contributed by atoms with Crippen LogP contribution in [0.25, 0.3) is 0 Å². The lowest BCUT2D eigenvalue weighted by Gasteiger charge is -2.11. The fourth-order valence-electron chi connectivity index (χ4n) is 1.78. The smallest absolute Gasteiger partial charge is 0.270 e. The zero-order valence-corrected chi connectivity index (χ0v) is 10.8. The molecule has 0 saturated heterocycles. The number of benzene rings is 2. The highest BCUT2D eigenvalue weighted by atomic mass is 19.3. The molecule has 0 aliphatic carbocycles. The van der Waals surface area contributed by atoms with Crippen molar-refractivity contribution in [3.63, 3.8) is 0 Å². The quantitative estimate of drug-likeness (QED) is 0.672. The first kappa shape index (κ1) is 14.9. The van der Waals surface area contributed by atoms with Gasteiger partial charge < -0.3 is 10.5 Å². The Morgan fingerprint density at radius 1 is 1.24 bits per heavy atom. The lowest BCUT2D eigenvalue weighted by molar-refractivity contribution is -0.385. The second-order valence-electron chi connectivity index (χ2n) is 4.23. The average Bonchev–Trinajstić information content (AvgIpc) is 2.47. The largest absolute Gasteiger partial charge is 0.457 e. The third-order valence-electron chi connectivity index (χ3n) is 2.80. The van der Waals surface area contributed by atoms with E-state index in [0.717, 1.165) is 23.8 Å². The summed E-state index contributed by atoms with van der Waals surface area (Å²) in [5.74, 6) is 0.221. The molecular weight excluding hydrogens is 282 g/mol. The molecule has 2 rings (SSSR count). The van der Waals surface area contributed by atoms with E-state index >= 15 is 0 Å². The number of non-ortho nitro benzene ring substituents is 1. The molecule has 0 unspecified atom stereocenters. The van der Waals surface area contributed by atoms with Crippen molar-refractivity contribution in [2.24, 2.45) is 5.73 Å². The SMILES string of the molecule is NCc1cccc(Oc2ccc([N+](=O)[O-])cc2C(F)F)c1. The molecule has 2 aromatic carbocycles. The number of halogens is 2. The molecule has 0 bridgehead atoms. The van der Waals surface area contributed by atoms with Crippen LogP contribution in [0.2, 0.25) is 0 Å². The number of hydrogen-bond donors (Lipinski definition) is 1. The Morgan fingerprint density at radius 3 is 2.62 bits per heavy atom. The topological polar surface area (TPSA) is 78.4 Å². The van der Waals surface area contributed by atoms with Gasteiger partial charge in [0.1, 0.15) is 11.5 Å². The molecule has 2 aromatic rings. The summed E-state index contributed by atoms with van der Waals surface area (Å²) >= 11 is 0. The maximum atomic E-state index is 13.0. The van der Waals surface area contributed by atoms with E-state index in [2.05, 4.69) is 0 Å². The molecule has 0 saturated carbocycles. The Hall–Kier alpha value is -2.54. The van der Waals surface area contributed by atoms with E-state index in [9.17, 15) is 18.9 Å². The first-order valence-electron chi connectivity index (χ1n) is 6.04. The van der Waals surface area contributed by atoms with Crippen LogP contribution in [0.1, 0.15) is 17.6 Å². The minimum absolute atomic E-state index is 0.121. The molecule has 0 radical (unpaired) electrons. The predicted molar refractivity (Wildman–Crippen MR) is 72.5 cm³/mol. The first-order chi connectivity index (χ1) is 10.0. The van der Waals surface area contributed by atoms with Gasteiger partial charge in [0.15, 0.2) is 0 Å². The zero-order chi connectivity index (χ0) is 15.4. The summed E-state index contributed by atoms with van der Waals surface area (Å²) < 4.78 is 31.4. The van der Waals surface area contributed by atoms with E-state index in [1.165, 1.54) is 0 Å². The van der Waals surface area contributed by atoms with Gasteiger partial charge in [-0.3, -0.25) is 10.1 Å². The second kappa shape index (κ2) is 6.27. The summed E-state index contributed by atoms with van der Waals surface area (Å²) in [5.41, 5.74) is 5.34. The van der Waals surface area contributed by atoms with Crippen molar-refractivity contribution in [2.45, 2.75) is 13.0 Å². The highest BCUT2D eigenvalue weighted by Gasteiger charge is 2.19. The number of nitrogens with zero attached hydrogens (tertiary/aromatic N) is 1. The number of rotatable bonds is 5. The van der Waals surface area contributed by atoms with Crippen LogP contribution in [-0.4, -0.2) is 4.92 Å². The van der Waals surface area contributed by atoms with Crippen molar-refractivity contribution < 1.29 is 18.4 Å². The molecule has 0 atom stereocenters. The summed E-state index contributed by atoms with van der Waals surface area (Å²) in [6.45, 7) is 0.291. The molecule has 110 valence electrons. The lowest BCUT2D eigenvalue weighted by atomic mass is 10.1. The standard InChI is InChI=1S/C14H12F2N2O3/c15-14(16)12-7-10(18(19)20)4-5-13(12)21-11-3-1-2-9(6-11)8-17/h1-7,14H,8,17H2. The molecule has 0 heterocycles. The third kappa shape index (κ3) is 3.51. The summed E-state index contributed by atoms with van der Waals surface area (Å²) in [7, 11) is 0. The van der Waals surface area contributed by atoms with Crippen molar-refractivity contribution in [3.05, 3.63) is 63.7 Å². The zero-order valence-electron chi connectivity index (χ0n) is 10.8. The average molecular weight is 294 g/mol. The number of alkyl halides is 2. The molecule has 0 fully saturated rings. The van der Waals surface area contributed by atoms with Gasteiger partial charge in [-0.15, -0.1) is 0 Å². The van der Waals surface area contributed by atoms with Gasteiger partial charge in [0.05, 0.1) is 10.5 Å². The minimum atomic E-state index is -2.88. The van der Waals surface area contributed by atoms with E-state index in [0.29, 0.717) is 12.3 Å². The van der Waals surface area contributed by atoms with Crippen LogP contribution in [0.4, 0.5) is 14.5 Å². The Kier molecular flexibility index (Phi) is 4.44. The van der Waals surface area contributed by atoms with Gasteiger partial charge in [0.25, 0.3) is 12.1 Å². The molecule has 21 heavy (non-hydrogen) atoms. The van der Waals surface area contributed by atoms with Crippen LogP contribution < -0.4 is 10.5 Å². The molecule has 5 nitrogen and oxygen atoms in total. The van der Waals surface area contributed by atoms with E-state index in [4.69, 9.17) is 10.5 Å². The van der Waals surface area contributed by atoms with Crippen molar-refractivity contribution >= 4 is 5.69 Å². The molecule has 0 aliphatic rings. The van der Waals surface area contributed by atoms with Gasteiger partial charge in [0.2, 0.25) is 0 Å². The fraction of sp³-hybridized carbons (Fsp3) is 0.143. The Bertz CT molecular complexity index is 662. The number of hydrogen-bond acceptors (Lipinski definition) is 4. The van der Waals surface area contributed by atoms with Gasteiger partial charge >= 0.3 is 0 Å². The molecule has 0 aromatic heterocycles. The summed E-state index contributed by atoms with van der Waals surface area (Å²) in [4.78, 5) is 9.90. The normalized spacial score (nSPS) is 10.7. The van der Waals surface area contributed by atoms with Crippen LogP contribution in [-0.2, 0) is 6.54 Å². The van der Waals surface area contributed by atoms with Gasteiger partial charge in [-0.2, -0.15) is 0 Å². The van der Waals surface area contributed by atoms with E-state index < -0.39 is 22.6 Å². The Morgan fingerprint density at radius 2 is 2.00 bits per heavy atom. The summed E-state index contributed by atoms with van der Waals surface area (Å²) in [6.07, 6.45) is -2.88. The van der Waals surface area contributed by atoms with Crippen molar-refractivity contribution in [1.29, 1.82) is 0 Å². The van der Waals surface area contributed by atoms with Gasteiger partial charge in [0, 0.05) is 18.7 Å². The summed E-state index contributed by atoms with van der Waals surface area (Å²) in [6, 6.07) is 9.77. The maximum absolute atomic E-state index is 13.0. The predicted octanol–water partition coefficient (Wildman–Crippen LogP) is 3.78.